The number of hydrogen-bond donors (Lipinski definition) is 0. The summed E-state index contributed by atoms with van der Waals surface area (Å²) in [6.45, 7) is 2.16. The van der Waals surface area contributed by atoms with Crippen molar-refractivity contribution in [3.8, 4) is 11.4 Å². The van der Waals surface area contributed by atoms with Crippen molar-refractivity contribution in [3.05, 3.63) is 40.6 Å². The summed E-state index contributed by atoms with van der Waals surface area (Å²) < 4.78 is 3.79. The number of thioether (sulfide) groups is 1. The van der Waals surface area contributed by atoms with Crippen molar-refractivity contribution in [2.75, 3.05) is 25.1 Å². The lowest BCUT2D eigenvalue weighted by Gasteiger charge is -2.42. The summed E-state index contributed by atoms with van der Waals surface area (Å²) in [6, 6.07) is 3.94. The van der Waals surface area contributed by atoms with E-state index in [0.29, 0.717) is 29.6 Å². The topological polar surface area (TPSA) is 60.1 Å². The van der Waals surface area contributed by atoms with Gasteiger partial charge in [0, 0.05) is 50.7 Å². The van der Waals surface area contributed by atoms with Gasteiger partial charge in [0.15, 0.2) is 0 Å². The molecule has 4 heterocycles. The zero-order valence-corrected chi connectivity index (χ0v) is 15.3. The number of rotatable bonds is 3. The number of likely N-dealkylation sites (tertiary alicyclic amines) is 1. The van der Waals surface area contributed by atoms with E-state index in [1.807, 2.05) is 39.6 Å². The summed E-state index contributed by atoms with van der Waals surface area (Å²) >= 11 is 1.57. The molecule has 2 aromatic heterocycles. The number of amides is 1. The molecule has 0 spiro atoms. The minimum Gasteiger partial charge on any atom is -0.341 e. The van der Waals surface area contributed by atoms with E-state index in [-0.39, 0.29) is 17.4 Å². The highest BCUT2D eigenvalue weighted by Gasteiger charge is 2.36. The van der Waals surface area contributed by atoms with Gasteiger partial charge < -0.3 is 14.0 Å². The first-order valence-corrected chi connectivity index (χ1v) is 9.96. The van der Waals surface area contributed by atoms with Gasteiger partial charge in [-0.15, -0.1) is 0 Å². The fraction of sp³-hybridized carbons (Fsp3) is 0.500. The van der Waals surface area contributed by atoms with Crippen LogP contribution in [0, 0.1) is 5.92 Å². The molecule has 0 saturated carbocycles. The van der Waals surface area contributed by atoms with Crippen LogP contribution in [0.2, 0.25) is 0 Å². The van der Waals surface area contributed by atoms with Crippen molar-refractivity contribution >= 4 is 17.7 Å². The fourth-order valence-electron chi connectivity index (χ4n) is 4.16. The maximum absolute atomic E-state index is 13.0. The Morgan fingerprint density at radius 1 is 1.32 bits per heavy atom. The molecular formula is C18H22N4O2S. The molecule has 2 bridgehead atoms. The highest BCUT2D eigenvalue weighted by atomic mass is 32.2. The predicted octanol–water partition coefficient (Wildman–Crippen LogP) is 1.56. The smallest absolute Gasteiger partial charge is 0.261 e. The molecule has 0 unspecified atom stereocenters. The fourth-order valence-corrected chi connectivity index (χ4v) is 4.59. The summed E-state index contributed by atoms with van der Waals surface area (Å²) in [6.07, 6.45) is 6.58. The molecule has 0 aromatic carbocycles. The third kappa shape index (κ3) is 2.80. The molecule has 6 nitrogen and oxygen atoms in total. The van der Waals surface area contributed by atoms with Crippen molar-refractivity contribution in [1.29, 1.82) is 0 Å². The van der Waals surface area contributed by atoms with Gasteiger partial charge in [-0.2, -0.15) is 11.8 Å². The van der Waals surface area contributed by atoms with Crippen LogP contribution in [0.3, 0.4) is 0 Å². The Balaban J connectivity index is 1.69. The second-order valence-corrected chi connectivity index (χ2v) is 7.85. The number of aryl methyl sites for hydroxylation is 1. The summed E-state index contributed by atoms with van der Waals surface area (Å²) in [5.74, 6) is 2.05. The van der Waals surface area contributed by atoms with Gasteiger partial charge in [0.05, 0.1) is 11.3 Å². The maximum Gasteiger partial charge on any atom is 0.261 e. The third-order valence-corrected chi connectivity index (χ3v) is 5.82. The second-order valence-electron chi connectivity index (χ2n) is 6.98. The number of pyridine rings is 1. The van der Waals surface area contributed by atoms with E-state index in [4.69, 9.17) is 0 Å². The van der Waals surface area contributed by atoms with Crippen LogP contribution in [-0.4, -0.2) is 50.0 Å². The molecule has 0 radical (unpaired) electrons. The molecule has 2 aliphatic heterocycles. The van der Waals surface area contributed by atoms with Crippen LogP contribution in [0.1, 0.15) is 18.0 Å². The van der Waals surface area contributed by atoms with Gasteiger partial charge in [0.2, 0.25) is 5.91 Å². The van der Waals surface area contributed by atoms with Crippen molar-refractivity contribution in [2.45, 2.75) is 18.9 Å². The largest absolute Gasteiger partial charge is 0.341 e. The predicted molar refractivity (Wildman–Crippen MR) is 98.7 cm³/mol. The standard InChI is InChI=1S/C18H22N4O2S/c1-20-6-5-19-17(20)14-3-4-15-13-7-12(9-22(15)18(14)24)8-21(10-13)16(23)11-25-2/h3-6,12-13H,7-11H2,1-2H3/t12-,13+/m0/s1. The van der Waals surface area contributed by atoms with Gasteiger partial charge >= 0.3 is 0 Å². The van der Waals surface area contributed by atoms with E-state index >= 15 is 0 Å². The van der Waals surface area contributed by atoms with Gasteiger partial charge in [-0.3, -0.25) is 9.59 Å². The Labute approximate surface area is 150 Å². The summed E-state index contributed by atoms with van der Waals surface area (Å²) in [5, 5.41) is 0. The van der Waals surface area contributed by atoms with Crippen molar-refractivity contribution in [2.24, 2.45) is 13.0 Å². The van der Waals surface area contributed by atoms with Gasteiger partial charge in [-0.05, 0) is 30.7 Å². The molecule has 2 aromatic rings. The Morgan fingerprint density at radius 2 is 2.16 bits per heavy atom. The van der Waals surface area contributed by atoms with Crippen LogP contribution in [0.5, 0.6) is 0 Å². The number of fused-ring (bicyclic) bond motifs is 4. The number of nitrogens with zero attached hydrogens (tertiary/aromatic N) is 4. The zero-order chi connectivity index (χ0) is 17.6. The second kappa shape index (κ2) is 6.37. The minimum absolute atomic E-state index is 0.0328. The average molecular weight is 358 g/mol. The lowest BCUT2D eigenvalue weighted by molar-refractivity contribution is -0.131. The lowest BCUT2D eigenvalue weighted by atomic mass is 9.83. The quantitative estimate of drug-likeness (QED) is 0.835. The van der Waals surface area contributed by atoms with Crippen molar-refractivity contribution in [1.82, 2.24) is 19.0 Å². The number of carbonyl (C=O) groups is 1. The SMILES string of the molecule is CSCC(=O)N1C[C@@H]2C[C@H](C1)c1ccc(-c3nccn3C)c(=O)n1C2. The van der Waals surface area contributed by atoms with Crippen LogP contribution in [-0.2, 0) is 18.4 Å². The molecule has 1 saturated heterocycles. The number of aromatic nitrogens is 3. The van der Waals surface area contributed by atoms with E-state index in [9.17, 15) is 9.59 Å². The summed E-state index contributed by atoms with van der Waals surface area (Å²) in [5.41, 5.74) is 1.73. The molecule has 0 N–H and O–H groups in total. The molecule has 132 valence electrons. The number of hydrogen-bond acceptors (Lipinski definition) is 4. The molecule has 0 aliphatic carbocycles. The third-order valence-electron chi connectivity index (χ3n) is 5.29. The number of imidazole rings is 1. The molecule has 2 atom stereocenters. The van der Waals surface area contributed by atoms with Gasteiger partial charge in [0.1, 0.15) is 5.82 Å². The first-order chi connectivity index (χ1) is 12.1. The molecule has 2 aliphatic rings. The Kier molecular flexibility index (Phi) is 4.19. The highest BCUT2D eigenvalue weighted by Crippen LogP contribution is 2.35. The van der Waals surface area contributed by atoms with E-state index in [0.717, 1.165) is 25.2 Å². The van der Waals surface area contributed by atoms with E-state index in [1.54, 1.807) is 18.0 Å². The molecule has 4 rings (SSSR count). The van der Waals surface area contributed by atoms with Gasteiger partial charge in [-0.1, -0.05) is 0 Å². The zero-order valence-electron chi connectivity index (χ0n) is 14.5. The van der Waals surface area contributed by atoms with Crippen LogP contribution in [0.25, 0.3) is 11.4 Å². The lowest BCUT2D eigenvalue weighted by Crippen LogP contribution is -2.49. The summed E-state index contributed by atoms with van der Waals surface area (Å²) in [7, 11) is 1.90. The molecule has 7 heteroatoms. The first-order valence-electron chi connectivity index (χ1n) is 8.56. The van der Waals surface area contributed by atoms with Gasteiger partial charge in [0.25, 0.3) is 5.56 Å². The number of carbonyl (C=O) groups excluding carboxylic acids is 1. The monoisotopic (exact) mass is 358 g/mol. The van der Waals surface area contributed by atoms with Crippen LogP contribution >= 0.6 is 11.8 Å². The molecular weight excluding hydrogens is 336 g/mol. The average Bonchev–Trinajstić information content (AvgIpc) is 3.02. The molecule has 1 fully saturated rings. The molecule has 25 heavy (non-hydrogen) atoms. The minimum atomic E-state index is 0.0328. The summed E-state index contributed by atoms with van der Waals surface area (Å²) in [4.78, 5) is 31.6. The van der Waals surface area contributed by atoms with Crippen LogP contribution in [0.15, 0.2) is 29.3 Å². The van der Waals surface area contributed by atoms with Crippen LogP contribution in [0.4, 0.5) is 0 Å². The Morgan fingerprint density at radius 3 is 2.88 bits per heavy atom. The maximum atomic E-state index is 13.0. The molecule has 1 amide bonds. The van der Waals surface area contributed by atoms with Gasteiger partial charge in [-0.25, -0.2) is 4.98 Å². The van der Waals surface area contributed by atoms with Crippen LogP contribution < -0.4 is 5.56 Å². The van der Waals surface area contributed by atoms with E-state index in [1.165, 1.54) is 0 Å². The van der Waals surface area contributed by atoms with E-state index < -0.39 is 0 Å². The van der Waals surface area contributed by atoms with Crippen molar-refractivity contribution < 1.29 is 4.79 Å². The number of piperidine rings is 1. The van der Waals surface area contributed by atoms with E-state index in [2.05, 4.69) is 11.1 Å². The Hall–Kier alpha value is -2.02. The first kappa shape index (κ1) is 16.4. The van der Waals surface area contributed by atoms with Crippen molar-refractivity contribution in [3.63, 3.8) is 0 Å². The Bertz CT molecular complexity index is 872. The normalized spacial score (nSPS) is 21.9. The highest BCUT2D eigenvalue weighted by molar-refractivity contribution is 7.99.